The van der Waals surface area contributed by atoms with Gasteiger partial charge in [-0.05, 0) is 20.8 Å². The summed E-state index contributed by atoms with van der Waals surface area (Å²) < 4.78 is 30.5. The molecule has 0 aliphatic rings. The summed E-state index contributed by atoms with van der Waals surface area (Å²) in [6.45, 7) is 6.23. The van der Waals surface area contributed by atoms with E-state index in [0.717, 1.165) is 0 Å². The molecule has 0 aromatic carbocycles. The SMILES string of the molecule is CCOCCS(=O)(=O)N(CCC(N)=NO)C(C)C. The molecule has 0 bridgehead atoms. The fourth-order valence-corrected chi connectivity index (χ4v) is 2.99. The second-order valence-corrected chi connectivity index (χ2v) is 6.10. The minimum atomic E-state index is -3.38. The molecule has 0 amide bonds. The molecule has 0 atom stereocenters. The van der Waals surface area contributed by atoms with Gasteiger partial charge < -0.3 is 15.7 Å². The highest BCUT2D eigenvalue weighted by Gasteiger charge is 2.24. The summed E-state index contributed by atoms with van der Waals surface area (Å²) in [7, 11) is -3.38. The number of hydrogen-bond acceptors (Lipinski definition) is 5. The highest BCUT2D eigenvalue weighted by molar-refractivity contribution is 7.89. The van der Waals surface area contributed by atoms with Gasteiger partial charge in [-0.3, -0.25) is 0 Å². The van der Waals surface area contributed by atoms with Crippen molar-refractivity contribution in [3.05, 3.63) is 0 Å². The Morgan fingerprint density at radius 3 is 2.56 bits per heavy atom. The summed E-state index contributed by atoms with van der Waals surface area (Å²) in [5.74, 6) is -0.0458. The lowest BCUT2D eigenvalue weighted by molar-refractivity contribution is 0.162. The predicted octanol–water partition coefficient (Wildman–Crippen LogP) is 0.200. The van der Waals surface area contributed by atoms with Gasteiger partial charge in [0, 0.05) is 25.6 Å². The van der Waals surface area contributed by atoms with E-state index in [1.54, 1.807) is 13.8 Å². The third-order valence-corrected chi connectivity index (χ3v) is 4.34. The Hall–Kier alpha value is -0.860. The van der Waals surface area contributed by atoms with E-state index < -0.39 is 10.0 Å². The lowest BCUT2D eigenvalue weighted by atomic mass is 10.3. The molecule has 0 rings (SSSR count). The first-order valence-corrected chi connectivity index (χ1v) is 7.49. The van der Waals surface area contributed by atoms with Gasteiger partial charge in [0.05, 0.1) is 12.4 Å². The van der Waals surface area contributed by atoms with E-state index >= 15 is 0 Å². The fraction of sp³-hybridized carbons (Fsp3) is 0.900. The van der Waals surface area contributed by atoms with Crippen molar-refractivity contribution in [2.45, 2.75) is 33.2 Å². The van der Waals surface area contributed by atoms with E-state index in [9.17, 15) is 8.42 Å². The normalized spacial score (nSPS) is 13.5. The van der Waals surface area contributed by atoms with Gasteiger partial charge in [-0.25, -0.2) is 8.42 Å². The van der Waals surface area contributed by atoms with Crippen LogP contribution in [0, 0.1) is 0 Å². The van der Waals surface area contributed by atoms with Crippen molar-refractivity contribution in [2.24, 2.45) is 10.9 Å². The number of ether oxygens (including phenoxy) is 1. The molecule has 7 nitrogen and oxygen atoms in total. The van der Waals surface area contributed by atoms with Gasteiger partial charge in [-0.2, -0.15) is 4.31 Å². The zero-order valence-electron chi connectivity index (χ0n) is 11.2. The average Bonchev–Trinajstić information content (AvgIpc) is 2.28. The summed E-state index contributed by atoms with van der Waals surface area (Å²) in [5.41, 5.74) is 5.34. The van der Waals surface area contributed by atoms with Crippen molar-refractivity contribution in [2.75, 3.05) is 25.5 Å². The molecule has 0 radical (unpaired) electrons. The van der Waals surface area contributed by atoms with Gasteiger partial charge >= 0.3 is 0 Å². The Bertz CT molecular complexity index is 354. The number of nitrogens with two attached hydrogens (primary N) is 1. The Balaban J connectivity index is 4.57. The van der Waals surface area contributed by atoms with Crippen molar-refractivity contribution in [3.63, 3.8) is 0 Å². The van der Waals surface area contributed by atoms with Crippen molar-refractivity contribution < 1.29 is 18.4 Å². The molecule has 18 heavy (non-hydrogen) atoms. The second kappa shape index (κ2) is 8.28. The first-order valence-electron chi connectivity index (χ1n) is 5.88. The third kappa shape index (κ3) is 6.18. The number of oxime groups is 1. The van der Waals surface area contributed by atoms with E-state index in [2.05, 4.69) is 5.16 Å². The van der Waals surface area contributed by atoms with Gasteiger partial charge in [-0.15, -0.1) is 0 Å². The van der Waals surface area contributed by atoms with Crippen molar-refractivity contribution >= 4 is 15.9 Å². The highest BCUT2D eigenvalue weighted by Crippen LogP contribution is 2.08. The number of nitrogens with zero attached hydrogens (tertiary/aromatic N) is 2. The molecule has 0 aromatic rings. The van der Waals surface area contributed by atoms with Gasteiger partial charge in [0.2, 0.25) is 10.0 Å². The predicted molar refractivity (Wildman–Crippen MR) is 70.1 cm³/mol. The fourth-order valence-electron chi connectivity index (χ4n) is 1.42. The Kier molecular flexibility index (Phi) is 7.88. The van der Waals surface area contributed by atoms with Crippen LogP contribution in [0.3, 0.4) is 0 Å². The lowest BCUT2D eigenvalue weighted by Crippen LogP contribution is -2.41. The molecule has 0 fully saturated rings. The Morgan fingerprint density at radius 1 is 1.50 bits per heavy atom. The smallest absolute Gasteiger partial charge is 0.216 e. The topological polar surface area (TPSA) is 105 Å². The highest BCUT2D eigenvalue weighted by atomic mass is 32.2. The van der Waals surface area contributed by atoms with E-state index in [1.807, 2.05) is 6.92 Å². The minimum Gasteiger partial charge on any atom is -0.409 e. The summed E-state index contributed by atoms with van der Waals surface area (Å²) in [6, 6.07) is -0.178. The lowest BCUT2D eigenvalue weighted by Gasteiger charge is -2.25. The summed E-state index contributed by atoms with van der Waals surface area (Å²) in [4.78, 5) is 0. The molecular formula is C10H23N3O4S. The summed E-state index contributed by atoms with van der Waals surface area (Å²) >= 11 is 0. The van der Waals surface area contributed by atoms with Gasteiger partial charge in [0.15, 0.2) is 0 Å². The maximum absolute atomic E-state index is 12.1. The zero-order chi connectivity index (χ0) is 14.2. The van der Waals surface area contributed by atoms with Gasteiger partial charge in [0.25, 0.3) is 0 Å². The van der Waals surface area contributed by atoms with Gasteiger partial charge in [0.1, 0.15) is 5.84 Å². The molecular weight excluding hydrogens is 258 g/mol. The van der Waals surface area contributed by atoms with Gasteiger partial charge in [-0.1, -0.05) is 5.16 Å². The monoisotopic (exact) mass is 281 g/mol. The maximum Gasteiger partial charge on any atom is 0.216 e. The van der Waals surface area contributed by atoms with Crippen LogP contribution in [0.4, 0.5) is 0 Å². The number of amidine groups is 1. The van der Waals surface area contributed by atoms with E-state index in [4.69, 9.17) is 15.7 Å². The standard InChI is InChI=1S/C10H23N3O4S/c1-4-17-7-8-18(15,16)13(9(2)3)6-5-10(11)12-14/h9,14H,4-8H2,1-3H3,(H2,11,12). The first kappa shape index (κ1) is 17.1. The molecule has 0 aliphatic carbocycles. The molecule has 0 unspecified atom stereocenters. The number of sulfonamides is 1. The number of rotatable bonds is 9. The minimum absolute atomic E-state index is 0.0145. The van der Waals surface area contributed by atoms with E-state index in [-0.39, 0.29) is 37.2 Å². The van der Waals surface area contributed by atoms with Crippen molar-refractivity contribution in [3.8, 4) is 0 Å². The zero-order valence-corrected chi connectivity index (χ0v) is 12.0. The van der Waals surface area contributed by atoms with Crippen molar-refractivity contribution in [1.82, 2.24) is 4.31 Å². The van der Waals surface area contributed by atoms with Crippen LogP contribution in [0.25, 0.3) is 0 Å². The van der Waals surface area contributed by atoms with Crippen LogP contribution in [0.1, 0.15) is 27.2 Å². The molecule has 0 saturated carbocycles. The largest absolute Gasteiger partial charge is 0.409 e. The van der Waals surface area contributed by atoms with Crippen LogP contribution in [-0.4, -0.2) is 55.3 Å². The molecule has 8 heteroatoms. The number of hydrogen-bond donors (Lipinski definition) is 2. The van der Waals surface area contributed by atoms with Crippen LogP contribution in [-0.2, 0) is 14.8 Å². The first-order chi connectivity index (χ1) is 8.35. The molecule has 3 N–H and O–H groups in total. The van der Waals surface area contributed by atoms with Crippen molar-refractivity contribution in [1.29, 1.82) is 0 Å². The van der Waals surface area contributed by atoms with Crippen LogP contribution in [0.5, 0.6) is 0 Å². The average molecular weight is 281 g/mol. The Labute approximate surface area is 109 Å². The van der Waals surface area contributed by atoms with Crippen LogP contribution in [0.15, 0.2) is 5.16 Å². The molecule has 0 aliphatic heterocycles. The maximum atomic E-state index is 12.1. The Morgan fingerprint density at radius 2 is 2.11 bits per heavy atom. The third-order valence-electron chi connectivity index (χ3n) is 2.34. The second-order valence-electron chi connectivity index (χ2n) is 4.06. The quantitative estimate of drug-likeness (QED) is 0.206. The van der Waals surface area contributed by atoms with E-state index in [0.29, 0.717) is 6.61 Å². The molecule has 0 saturated heterocycles. The van der Waals surface area contributed by atoms with Crippen LogP contribution >= 0.6 is 0 Å². The molecule has 108 valence electrons. The molecule has 0 heterocycles. The summed E-state index contributed by atoms with van der Waals surface area (Å²) in [6.07, 6.45) is 0.197. The van der Waals surface area contributed by atoms with Crippen LogP contribution < -0.4 is 5.73 Å². The van der Waals surface area contributed by atoms with E-state index in [1.165, 1.54) is 4.31 Å². The molecule has 0 spiro atoms. The van der Waals surface area contributed by atoms with Crippen LogP contribution in [0.2, 0.25) is 0 Å². The molecule has 0 aromatic heterocycles. The summed E-state index contributed by atoms with van der Waals surface area (Å²) in [5, 5.41) is 11.3.